The van der Waals surface area contributed by atoms with Crippen molar-refractivity contribution >= 4 is 22.9 Å². The monoisotopic (exact) mass is 259 g/mol. The van der Waals surface area contributed by atoms with Crippen molar-refractivity contribution in [2.75, 3.05) is 0 Å². The first-order chi connectivity index (χ1) is 7.61. The van der Waals surface area contributed by atoms with E-state index in [2.05, 4.69) is 0 Å². The van der Waals surface area contributed by atoms with Crippen molar-refractivity contribution < 1.29 is 8.78 Å². The van der Waals surface area contributed by atoms with Crippen LogP contribution in [0.2, 0.25) is 5.02 Å². The average molecular weight is 260 g/mol. The third-order valence-corrected chi connectivity index (χ3v) is 3.49. The summed E-state index contributed by atoms with van der Waals surface area (Å²) in [6, 6.07) is 4.99. The molecule has 16 heavy (non-hydrogen) atoms. The zero-order valence-corrected chi connectivity index (χ0v) is 9.66. The normalized spacial score (nSPS) is 12.8. The first kappa shape index (κ1) is 11.5. The van der Waals surface area contributed by atoms with Gasteiger partial charge in [-0.3, -0.25) is 0 Å². The van der Waals surface area contributed by atoms with Gasteiger partial charge < -0.3 is 5.73 Å². The predicted octanol–water partition coefficient (Wildman–Crippen LogP) is 3.73. The first-order valence-corrected chi connectivity index (χ1v) is 5.79. The van der Waals surface area contributed by atoms with Crippen LogP contribution in [0, 0.1) is 11.6 Å². The Morgan fingerprint density at radius 1 is 1.25 bits per heavy atom. The van der Waals surface area contributed by atoms with E-state index in [0.29, 0.717) is 4.88 Å². The lowest BCUT2D eigenvalue weighted by atomic mass is 10.0. The molecule has 2 N–H and O–H groups in total. The van der Waals surface area contributed by atoms with Gasteiger partial charge in [0.2, 0.25) is 0 Å². The lowest BCUT2D eigenvalue weighted by molar-refractivity contribution is 0.545. The van der Waals surface area contributed by atoms with Crippen LogP contribution in [0.3, 0.4) is 0 Å². The summed E-state index contributed by atoms with van der Waals surface area (Å²) < 4.78 is 27.2. The average Bonchev–Trinajstić information content (AvgIpc) is 2.77. The molecule has 0 aliphatic heterocycles. The molecule has 0 saturated carbocycles. The molecule has 1 aromatic heterocycles. The quantitative estimate of drug-likeness (QED) is 0.817. The minimum absolute atomic E-state index is 0.122. The molecule has 0 bridgehead atoms. The highest BCUT2D eigenvalue weighted by molar-refractivity contribution is 7.10. The predicted molar refractivity (Wildman–Crippen MR) is 61.7 cm³/mol. The van der Waals surface area contributed by atoms with Crippen LogP contribution in [0.4, 0.5) is 8.78 Å². The summed E-state index contributed by atoms with van der Waals surface area (Å²) in [4.78, 5) is 0.695. The molecule has 1 aromatic carbocycles. The van der Waals surface area contributed by atoms with E-state index in [1.807, 2.05) is 0 Å². The Hall–Kier alpha value is -0.970. The van der Waals surface area contributed by atoms with E-state index in [1.165, 1.54) is 17.4 Å². The van der Waals surface area contributed by atoms with Gasteiger partial charge in [-0.05, 0) is 23.6 Å². The van der Waals surface area contributed by atoms with Gasteiger partial charge in [0, 0.05) is 10.4 Å². The molecule has 0 amide bonds. The summed E-state index contributed by atoms with van der Waals surface area (Å²) in [5.41, 5.74) is 5.62. The van der Waals surface area contributed by atoms with E-state index in [4.69, 9.17) is 17.3 Å². The molecule has 0 unspecified atom stereocenters. The largest absolute Gasteiger partial charge is 0.319 e. The van der Waals surface area contributed by atoms with E-state index in [0.717, 1.165) is 6.07 Å². The van der Waals surface area contributed by atoms with E-state index in [1.54, 1.807) is 17.5 Å². The molecule has 1 nitrogen and oxygen atoms in total. The Labute approximate surface area is 100 Å². The maximum atomic E-state index is 13.7. The molecular formula is C11H8ClF2NS. The van der Waals surface area contributed by atoms with Gasteiger partial charge in [-0.1, -0.05) is 17.7 Å². The number of nitrogens with two attached hydrogens (primary N) is 1. The van der Waals surface area contributed by atoms with Crippen LogP contribution in [0.1, 0.15) is 16.5 Å². The number of halogens is 3. The van der Waals surface area contributed by atoms with Crippen molar-refractivity contribution in [3.63, 3.8) is 0 Å². The molecule has 1 atom stereocenters. The van der Waals surface area contributed by atoms with Crippen molar-refractivity contribution in [3.8, 4) is 0 Å². The van der Waals surface area contributed by atoms with Crippen molar-refractivity contribution in [2.24, 2.45) is 5.73 Å². The maximum Gasteiger partial charge on any atom is 0.149 e. The molecule has 0 aliphatic rings. The van der Waals surface area contributed by atoms with Crippen LogP contribution >= 0.6 is 22.9 Å². The first-order valence-electron chi connectivity index (χ1n) is 4.53. The Morgan fingerprint density at radius 3 is 2.62 bits per heavy atom. The molecular weight excluding hydrogens is 252 g/mol. The highest BCUT2D eigenvalue weighted by Crippen LogP contribution is 2.30. The van der Waals surface area contributed by atoms with Crippen molar-refractivity contribution in [3.05, 3.63) is 56.7 Å². The Morgan fingerprint density at radius 2 is 2.00 bits per heavy atom. The minimum atomic E-state index is -0.821. The van der Waals surface area contributed by atoms with Gasteiger partial charge in [-0.15, -0.1) is 11.3 Å². The van der Waals surface area contributed by atoms with E-state index in [-0.39, 0.29) is 10.6 Å². The number of hydrogen-bond donors (Lipinski definition) is 1. The molecule has 1 heterocycles. The van der Waals surface area contributed by atoms with Crippen LogP contribution in [0.15, 0.2) is 29.6 Å². The van der Waals surface area contributed by atoms with E-state index >= 15 is 0 Å². The second-order valence-electron chi connectivity index (χ2n) is 3.25. The Kier molecular flexibility index (Phi) is 3.23. The van der Waals surface area contributed by atoms with Crippen molar-refractivity contribution in [1.82, 2.24) is 0 Å². The fraction of sp³-hybridized carbons (Fsp3) is 0.0909. The van der Waals surface area contributed by atoms with Gasteiger partial charge in [-0.25, -0.2) is 8.78 Å². The number of benzene rings is 1. The van der Waals surface area contributed by atoms with Gasteiger partial charge >= 0.3 is 0 Å². The molecule has 5 heteroatoms. The third-order valence-electron chi connectivity index (χ3n) is 2.24. The van der Waals surface area contributed by atoms with Gasteiger partial charge in [-0.2, -0.15) is 0 Å². The number of hydrogen-bond acceptors (Lipinski definition) is 2. The van der Waals surface area contributed by atoms with Crippen LogP contribution in [-0.2, 0) is 0 Å². The van der Waals surface area contributed by atoms with Gasteiger partial charge in [0.05, 0.1) is 11.1 Å². The second kappa shape index (κ2) is 4.49. The highest BCUT2D eigenvalue weighted by Gasteiger charge is 2.21. The third kappa shape index (κ3) is 1.96. The zero-order valence-electron chi connectivity index (χ0n) is 8.08. The van der Waals surface area contributed by atoms with Gasteiger partial charge in [0.15, 0.2) is 0 Å². The van der Waals surface area contributed by atoms with Gasteiger partial charge in [0.25, 0.3) is 0 Å². The molecule has 0 radical (unpaired) electrons. The Balaban J connectivity index is 2.52. The second-order valence-corrected chi connectivity index (χ2v) is 4.64. The van der Waals surface area contributed by atoms with Crippen molar-refractivity contribution in [2.45, 2.75) is 6.04 Å². The summed E-state index contributed by atoms with van der Waals surface area (Å²) in [5.74, 6) is -1.47. The summed E-state index contributed by atoms with van der Waals surface area (Å²) in [7, 11) is 0. The standard InChI is InChI=1S/C11H8ClF2NS/c12-6-3-4-7(13)9(10(6)14)11(15)8-2-1-5-16-8/h1-5,11H,15H2/t11-/m0/s1. The lowest BCUT2D eigenvalue weighted by Gasteiger charge is -2.12. The van der Waals surface area contributed by atoms with Crippen LogP contribution in [0.25, 0.3) is 0 Å². The minimum Gasteiger partial charge on any atom is -0.319 e. The maximum absolute atomic E-state index is 13.7. The molecule has 0 fully saturated rings. The van der Waals surface area contributed by atoms with Crippen LogP contribution in [0.5, 0.6) is 0 Å². The summed E-state index contributed by atoms with van der Waals surface area (Å²) in [6.07, 6.45) is 0. The summed E-state index contributed by atoms with van der Waals surface area (Å²) in [6.45, 7) is 0. The SMILES string of the molecule is N[C@@H](c1cccs1)c1c(F)ccc(Cl)c1F. The Bertz CT molecular complexity index is 499. The fourth-order valence-corrected chi connectivity index (χ4v) is 2.34. The number of rotatable bonds is 2. The lowest BCUT2D eigenvalue weighted by Crippen LogP contribution is -2.14. The molecule has 84 valence electrons. The molecule has 0 spiro atoms. The number of thiophene rings is 1. The topological polar surface area (TPSA) is 26.0 Å². The van der Waals surface area contributed by atoms with Crippen LogP contribution in [-0.4, -0.2) is 0 Å². The summed E-state index contributed by atoms with van der Waals surface area (Å²) >= 11 is 6.95. The fourth-order valence-electron chi connectivity index (χ4n) is 1.44. The van der Waals surface area contributed by atoms with E-state index in [9.17, 15) is 8.78 Å². The van der Waals surface area contributed by atoms with Crippen molar-refractivity contribution in [1.29, 1.82) is 0 Å². The van der Waals surface area contributed by atoms with Gasteiger partial charge in [0.1, 0.15) is 11.6 Å². The van der Waals surface area contributed by atoms with Crippen LogP contribution < -0.4 is 5.73 Å². The smallest absolute Gasteiger partial charge is 0.149 e. The summed E-state index contributed by atoms with van der Waals surface area (Å²) in [5, 5.41) is 1.68. The molecule has 0 aliphatic carbocycles. The molecule has 2 aromatic rings. The molecule has 0 saturated heterocycles. The zero-order chi connectivity index (χ0) is 11.7. The molecule has 2 rings (SSSR count). The van der Waals surface area contributed by atoms with E-state index < -0.39 is 17.7 Å². The highest BCUT2D eigenvalue weighted by atomic mass is 35.5.